The topological polar surface area (TPSA) is 158 Å². The second kappa shape index (κ2) is 20.3. The molecule has 2 aromatic rings. The van der Waals surface area contributed by atoms with Crippen LogP contribution in [-0.4, -0.2) is 160 Å². The summed E-state index contributed by atoms with van der Waals surface area (Å²) in [5.41, 5.74) is -1.27. The Bertz CT molecular complexity index is 1560. The fourth-order valence-electron chi connectivity index (χ4n) is 9.01. The fourth-order valence-corrected chi connectivity index (χ4v) is 9.01. The van der Waals surface area contributed by atoms with Crippen LogP contribution in [0.5, 0.6) is 0 Å². The number of cyclic esters (lactones) is 1. The maximum Gasteiger partial charge on any atom is 0.311 e. The second-order valence-corrected chi connectivity index (χ2v) is 18.0. The van der Waals surface area contributed by atoms with Gasteiger partial charge in [0.2, 0.25) is 0 Å². The van der Waals surface area contributed by atoms with Crippen molar-refractivity contribution in [1.82, 2.24) is 19.7 Å². The smallest absolute Gasteiger partial charge is 0.311 e. The first-order chi connectivity index (χ1) is 26.7. The van der Waals surface area contributed by atoms with Gasteiger partial charge in [-0.15, -0.1) is 0 Å². The molecule has 0 spiro atoms. The van der Waals surface area contributed by atoms with E-state index >= 15 is 0 Å². The van der Waals surface area contributed by atoms with E-state index in [0.29, 0.717) is 26.1 Å². The van der Waals surface area contributed by atoms with Crippen molar-refractivity contribution in [3.05, 3.63) is 42.1 Å². The molecular weight excluding hydrogens is 729 g/mol. The summed E-state index contributed by atoms with van der Waals surface area (Å²) in [6.45, 7) is 16.6. The molecular formula is C44H74N4O9. The van der Waals surface area contributed by atoms with Crippen molar-refractivity contribution >= 4 is 16.9 Å². The zero-order valence-corrected chi connectivity index (χ0v) is 36.7. The van der Waals surface area contributed by atoms with Gasteiger partial charge in [-0.25, -0.2) is 0 Å². The predicted octanol–water partition coefficient (Wildman–Crippen LogP) is 4.07. The minimum Gasteiger partial charge on any atom is -0.459 e. The SMILES string of the molecule is CC[C@H]1OC(=O)[C@H](C)[C@@H](O)[C@H](C)[C@@H](O[C@@H]2O[C@H](C)C[C@H](N(C)C)[C@H]2OCCCN(C)Cc2ccc3ccccc3n2)[C@](C)(O)C[C@@H](C)CN(C)[C@H](C)[C@@H](O)[C@]1(C)O. The van der Waals surface area contributed by atoms with Gasteiger partial charge in [-0.1, -0.05) is 45.0 Å². The lowest BCUT2D eigenvalue weighted by Gasteiger charge is -2.48. The quantitative estimate of drug-likeness (QED) is 0.191. The number of rotatable bonds is 11. The largest absolute Gasteiger partial charge is 0.459 e. The number of aromatic nitrogens is 1. The Labute approximate surface area is 341 Å². The first-order valence-electron chi connectivity index (χ1n) is 21.0. The lowest BCUT2D eigenvalue weighted by Crippen LogP contribution is -2.60. The van der Waals surface area contributed by atoms with Crippen molar-refractivity contribution in [2.24, 2.45) is 17.8 Å². The molecule has 0 aliphatic carbocycles. The van der Waals surface area contributed by atoms with Crippen LogP contribution in [0.3, 0.4) is 0 Å². The number of esters is 1. The molecule has 4 rings (SSSR count). The van der Waals surface area contributed by atoms with Crippen LogP contribution in [0, 0.1) is 17.8 Å². The molecule has 0 saturated carbocycles. The molecule has 2 aliphatic rings. The molecule has 2 aliphatic heterocycles. The maximum absolute atomic E-state index is 13.6. The number of pyridine rings is 1. The van der Waals surface area contributed by atoms with E-state index in [-0.39, 0.29) is 30.9 Å². The van der Waals surface area contributed by atoms with E-state index in [1.54, 1.807) is 27.7 Å². The number of hydrogen-bond acceptors (Lipinski definition) is 13. The molecule has 2 fully saturated rings. The van der Waals surface area contributed by atoms with E-state index in [4.69, 9.17) is 23.9 Å². The first kappa shape index (κ1) is 47.4. The normalized spacial score (nSPS) is 38.2. The van der Waals surface area contributed by atoms with E-state index in [9.17, 15) is 25.2 Å². The second-order valence-electron chi connectivity index (χ2n) is 18.0. The van der Waals surface area contributed by atoms with Crippen molar-refractivity contribution in [3.63, 3.8) is 0 Å². The monoisotopic (exact) mass is 803 g/mol. The zero-order chi connectivity index (χ0) is 42.4. The molecule has 4 N–H and O–H groups in total. The number of carbonyl (C=O) groups excluding carboxylic acids is 1. The summed E-state index contributed by atoms with van der Waals surface area (Å²) in [5.74, 6) is -2.62. The average molecular weight is 803 g/mol. The molecule has 0 bridgehead atoms. The highest BCUT2D eigenvalue weighted by molar-refractivity contribution is 5.78. The van der Waals surface area contributed by atoms with Gasteiger partial charge in [-0.05, 0) is 107 Å². The molecule has 13 heteroatoms. The van der Waals surface area contributed by atoms with Crippen molar-refractivity contribution in [1.29, 1.82) is 0 Å². The van der Waals surface area contributed by atoms with Crippen LogP contribution in [0.4, 0.5) is 0 Å². The molecule has 13 nitrogen and oxygen atoms in total. The van der Waals surface area contributed by atoms with Crippen LogP contribution < -0.4 is 0 Å². The van der Waals surface area contributed by atoms with Crippen LogP contribution in [0.1, 0.15) is 86.8 Å². The van der Waals surface area contributed by atoms with Crippen molar-refractivity contribution < 1.29 is 44.2 Å². The van der Waals surface area contributed by atoms with E-state index in [0.717, 1.165) is 29.6 Å². The Kier molecular flexibility index (Phi) is 16.9. The van der Waals surface area contributed by atoms with E-state index in [1.807, 2.05) is 65.0 Å². The zero-order valence-electron chi connectivity index (χ0n) is 36.7. The van der Waals surface area contributed by atoms with E-state index < -0.39 is 71.9 Å². The minimum atomic E-state index is -1.76. The lowest BCUT2D eigenvalue weighted by molar-refractivity contribution is -0.306. The van der Waals surface area contributed by atoms with Crippen LogP contribution in [0.15, 0.2) is 36.4 Å². The Morgan fingerprint density at radius 2 is 1.70 bits per heavy atom. The fraction of sp³-hybridized carbons (Fsp3) is 0.773. The van der Waals surface area contributed by atoms with Gasteiger partial charge in [-0.2, -0.15) is 0 Å². The molecule has 0 radical (unpaired) electrons. The van der Waals surface area contributed by atoms with Gasteiger partial charge in [-0.3, -0.25) is 9.78 Å². The van der Waals surface area contributed by atoms with Gasteiger partial charge in [0.05, 0.1) is 41.0 Å². The number of fused-ring (bicyclic) bond motifs is 1. The third-order valence-corrected chi connectivity index (χ3v) is 12.5. The maximum atomic E-state index is 13.6. The number of ether oxygens (including phenoxy) is 4. The van der Waals surface area contributed by atoms with Crippen molar-refractivity contribution in [3.8, 4) is 0 Å². The third kappa shape index (κ3) is 11.9. The molecule has 2 saturated heterocycles. The highest BCUT2D eigenvalue weighted by atomic mass is 16.7. The van der Waals surface area contributed by atoms with E-state index in [2.05, 4.69) is 35.0 Å². The Morgan fingerprint density at radius 1 is 1.02 bits per heavy atom. The summed E-state index contributed by atoms with van der Waals surface area (Å²) in [4.78, 5) is 24.8. The van der Waals surface area contributed by atoms with Gasteiger partial charge in [0.15, 0.2) is 6.29 Å². The third-order valence-electron chi connectivity index (χ3n) is 12.5. The summed E-state index contributed by atoms with van der Waals surface area (Å²) in [6.07, 6.45) is -4.13. The van der Waals surface area contributed by atoms with Gasteiger partial charge >= 0.3 is 5.97 Å². The standard InChI is InChI=1S/C44H74N4O9/c1-13-36-44(8,53)39(50)31(6)48(12)25-27(2)24-43(7,52)40(29(4)37(49)30(5)41(51)56-36)57-42-38(35(46(9)10)23-28(3)55-42)54-22-16-21-47(11)26-33-20-19-32-17-14-15-18-34(32)45-33/h14-15,17-20,27-31,35-40,42,49-50,52-53H,13,16,21-26H2,1-12H3/t27-,28-,29+,30-,31-,35+,36-,37+,38-,39-,40-,42+,43-,44-/m1/s1. The molecule has 1 aromatic carbocycles. The summed E-state index contributed by atoms with van der Waals surface area (Å²) in [5, 5.41) is 48.3. The molecule has 3 heterocycles. The lowest BCUT2D eigenvalue weighted by atomic mass is 9.78. The number of carbonyl (C=O) groups is 1. The van der Waals surface area contributed by atoms with Crippen molar-refractivity contribution in [2.75, 3.05) is 47.9 Å². The molecule has 0 amide bonds. The summed E-state index contributed by atoms with van der Waals surface area (Å²) in [7, 11) is 7.96. The number of likely N-dealkylation sites (N-methyl/N-ethyl adjacent to an activating group) is 2. The van der Waals surface area contributed by atoms with Gasteiger partial charge in [0, 0.05) is 49.6 Å². The summed E-state index contributed by atoms with van der Waals surface area (Å²) < 4.78 is 25.9. The van der Waals surface area contributed by atoms with Gasteiger partial charge in [0.1, 0.15) is 23.9 Å². The minimum absolute atomic E-state index is 0.0566. The molecule has 57 heavy (non-hydrogen) atoms. The first-order valence-corrected chi connectivity index (χ1v) is 21.0. The highest BCUT2D eigenvalue weighted by Crippen LogP contribution is 2.37. The van der Waals surface area contributed by atoms with Gasteiger partial charge < -0.3 is 54.1 Å². The molecule has 0 unspecified atom stereocenters. The van der Waals surface area contributed by atoms with E-state index in [1.165, 1.54) is 6.92 Å². The molecule has 1 aromatic heterocycles. The number of aliphatic hydroxyl groups excluding tert-OH is 2. The number of aliphatic hydroxyl groups is 4. The Balaban J connectivity index is 1.56. The van der Waals surface area contributed by atoms with Gasteiger partial charge in [0.25, 0.3) is 0 Å². The number of para-hydroxylation sites is 1. The number of nitrogens with zero attached hydrogens (tertiary/aromatic N) is 4. The number of benzene rings is 1. The molecule has 14 atom stereocenters. The van der Waals surface area contributed by atoms with Crippen LogP contribution in [0.25, 0.3) is 10.9 Å². The summed E-state index contributed by atoms with van der Waals surface area (Å²) in [6, 6.07) is 11.7. The van der Waals surface area contributed by atoms with Crippen molar-refractivity contribution in [2.45, 2.75) is 154 Å². The Hall–Kier alpha value is -2.30. The van der Waals surface area contributed by atoms with Crippen LogP contribution in [0.2, 0.25) is 0 Å². The predicted molar refractivity (Wildman–Crippen MR) is 221 cm³/mol. The highest BCUT2D eigenvalue weighted by Gasteiger charge is 2.50. The number of hydrogen-bond donors (Lipinski definition) is 4. The van der Waals surface area contributed by atoms with Crippen LogP contribution >= 0.6 is 0 Å². The molecule has 324 valence electrons. The summed E-state index contributed by atoms with van der Waals surface area (Å²) >= 11 is 0. The average Bonchev–Trinajstić information content (AvgIpc) is 3.15. The van der Waals surface area contributed by atoms with Crippen LogP contribution in [-0.2, 0) is 30.3 Å². The Morgan fingerprint density at radius 3 is 2.37 bits per heavy atom.